The maximum Gasteiger partial charge on any atom is 0.485 e. The van der Waals surface area contributed by atoms with Gasteiger partial charge in [-0.05, 0) is 108 Å². The summed E-state index contributed by atoms with van der Waals surface area (Å²) in [6.45, 7) is 0. The minimum Gasteiger partial charge on any atom is -0.741 e. The SMILES string of the molecule is CSc1ccc(-c2cc(-c3ccccc3)[n+](-c3ccc(-[n+]4c(-c5ccccc5)cc(-c5ccc(SC)cc5)cc4-c4ccccc4)cc3)c(-c3ccccc3)c2)cc1.O=S(=O)([O-])C(F)(F)F.O=S(=O)([O-])C(F)(F)F. The molecule has 0 amide bonds. The first kappa shape index (κ1) is 54.7. The summed E-state index contributed by atoms with van der Waals surface area (Å²) in [6.07, 6.45) is 4.24. The van der Waals surface area contributed by atoms with Crippen molar-refractivity contribution in [1.82, 2.24) is 0 Å². The molecule has 0 unspecified atom stereocenters. The van der Waals surface area contributed by atoms with E-state index in [-0.39, 0.29) is 0 Å². The smallest absolute Gasteiger partial charge is 0.485 e. The highest BCUT2D eigenvalue weighted by molar-refractivity contribution is 7.98. The molecule has 0 radical (unpaired) electrons. The number of benzene rings is 7. The Morgan fingerprint density at radius 1 is 0.338 bits per heavy atom. The number of pyridine rings is 2. The van der Waals surface area contributed by atoms with E-state index >= 15 is 0 Å². The monoisotopic (exact) mass is 1080 g/mol. The van der Waals surface area contributed by atoms with Crippen molar-refractivity contribution in [3.05, 3.63) is 218 Å². The van der Waals surface area contributed by atoms with Gasteiger partial charge in [0, 0.05) is 80.6 Å². The number of hydrogen-bond acceptors (Lipinski definition) is 8. The summed E-state index contributed by atoms with van der Waals surface area (Å²) >= 11 is 3.53. The Hall–Kier alpha value is -7.06. The van der Waals surface area contributed by atoms with Crippen LogP contribution in [0.3, 0.4) is 0 Å². The summed E-state index contributed by atoms with van der Waals surface area (Å²) in [5.74, 6) is 0. The molecule has 378 valence electrons. The lowest BCUT2D eigenvalue weighted by molar-refractivity contribution is -0.576. The fraction of sp³-hybridized carbons (Fsp3) is 0.0714. The van der Waals surface area contributed by atoms with Gasteiger partial charge in [-0.15, -0.1) is 23.5 Å². The van der Waals surface area contributed by atoms with Crippen molar-refractivity contribution >= 4 is 43.8 Å². The predicted molar refractivity (Wildman–Crippen MR) is 277 cm³/mol. The average Bonchev–Trinajstić information content (AvgIpc) is 3.40. The lowest BCUT2D eigenvalue weighted by Crippen LogP contribution is -2.38. The van der Waals surface area contributed by atoms with Gasteiger partial charge >= 0.3 is 11.0 Å². The van der Waals surface area contributed by atoms with E-state index in [0.717, 1.165) is 56.4 Å². The predicted octanol–water partition coefficient (Wildman–Crippen LogP) is 13.8. The van der Waals surface area contributed by atoms with E-state index in [1.54, 1.807) is 23.5 Å². The van der Waals surface area contributed by atoms with Crippen LogP contribution >= 0.6 is 23.5 Å². The molecule has 0 aliphatic rings. The van der Waals surface area contributed by atoms with E-state index in [1.807, 2.05) is 0 Å². The van der Waals surface area contributed by atoms with Crippen molar-refractivity contribution in [2.24, 2.45) is 0 Å². The van der Waals surface area contributed by atoms with E-state index in [0.29, 0.717) is 0 Å². The molecule has 0 saturated carbocycles. The molecule has 18 heteroatoms. The molecular weight excluding hydrogens is 1040 g/mol. The molecule has 9 aromatic rings. The molecule has 0 saturated heterocycles. The number of rotatable bonds is 10. The highest BCUT2D eigenvalue weighted by Crippen LogP contribution is 2.34. The number of alkyl halides is 6. The number of hydrogen-bond donors (Lipinski definition) is 0. The second-order valence-corrected chi connectivity index (χ2v) is 20.4. The molecule has 0 N–H and O–H groups in total. The van der Waals surface area contributed by atoms with Crippen LogP contribution in [0.1, 0.15) is 0 Å². The lowest BCUT2D eigenvalue weighted by atomic mass is 9.98. The Kier molecular flexibility index (Phi) is 17.3. The van der Waals surface area contributed by atoms with Crippen LogP contribution in [0.4, 0.5) is 26.3 Å². The molecule has 0 spiro atoms. The molecule has 7 aromatic carbocycles. The van der Waals surface area contributed by atoms with E-state index in [1.165, 1.54) is 32.0 Å². The number of halogens is 6. The zero-order valence-corrected chi connectivity index (χ0v) is 42.3. The van der Waals surface area contributed by atoms with E-state index in [2.05, 4.69) is 240 Å². The third-order valence-electron chi connectivity index (χ3n) is 11.2. The summed E-state index contributed by atoms with van der Waals surface area (Å²) < 4.78 is 123. The molecular formula is C56H42F6N2O6S4. The first-order valence-electron chi connectivity index (χ1n) is 22.0. The van der Waals surface area contributed by atoms with E-state index in [4.69, 9.17) is 25.9 Å². The Balaban J connectivity index is 0.000000434. The van der Waals surface area contributed by atoms with Crippen LogP contribution in [-0.4, -0.2) is 49.5 Å². The fourth-order valence-corrected chi connectivity index (χ4v) is 8.50. The molecule has 0 aliphatic carbocycles. The van der Waals surface area contributed by atoms with Crippen molar-refractivity contribution in [2.75, 3.05) is 12.5 Å². The van der Waals surface area contributed by atoms with Gasteiger partial charge in [-0.3, -0.25) is 0 Å². The fourth-order valence-electron chi connectivity index (χ4n) is 7.68. The van der Waals surface area contributed by atoms with Crippen LogP contribution in [0.15, 0.2) is 228 Å². The zero-order chi connectivity index (χ0) is 53.3. The van der Waals surface area contributed by atoms with Crippen molar-refractivity contribution in [2.45, 2.75) is 20.8 Å². The number of aromatic nitrogens is 2. The zero-order valence-electron chi connectivity index (χ0n) is 39.0. The molecule has 74 heavy (non-hydrogen) atoms. The normalized spacial score (nSPS) is 11.7. The number of thioether (sulfide) groups is 2. The summed E-state index contributed by atoms with van der Waals surface area (Å²) in [7, 11) is -12.2. The molecule has 2 heterocycles. The van der Waals surface area contributed by atoms with Crippen molar-refractivity contribution in [3.8, 4) is 78.7 Å². The van der Waals surface area contributed by atoms with Crippen LogP contribution in [0, 0.1) is 0 Å². The van der Waals surface area contributed by atoms with Crippen LogP contribution in [0.2, 0.25) is 0 Å². The standard InChI is InChI=1S/C54H42N2S2.2CHF3O3S/c1-57-49-31-23-39(24-32-49)45-35-51(41-15-7-3-8-16-41)55(52(36-45)42-17-9-4-10-18-42)47-27-29-48(30-28-47)56-53(43-19-11-5-12-20-43)37-46(40-25-33-50(58-2)34-26-40)38-54(56)44-21-13-6-14-22-44;2*2-1(3,4)8(5,6)7/h3-38H,1-2H3;2*(H,5,6,7)/q+2;;/p-2. The van der Waals surface area contributed by atoms with Crippen LogP contribution in [0.25, 0.3) is 78.7 Å². The summed E-state index contributed by atoms with van der Waals surface area (Å²) in [6, 6.07) is 79.2. The van der Waals surface area contributed by atoms with Crippen molar-refractivity contribution < 1.29 is 61.4 Å². The highest BCUT2D eigenvalue weighted by atomic mass is 32.2. The number of nitrogens with zero attached hydrogens (tertiary/aromatic N) is 2. The van der Waals surface area contributed by atoms with Gasteiger partial charge in [0.15, 0.2) is 20.2 Å². The van der Waals surface area contributed by atoms with E-state index in [9.17, 15) is 26.3 Å². The second kappa shape index (κ2) is 23.4. The molecule has 9 rings (SSSR count). The Morgan fingerprint density at radius 2 is 0.554 bits per heavy atom. The van der Waals surface area contributed by atoms with Gasteiger partial charge in [0.1, 0.15) is 0 Å². The molecule has 0 fully saturated rings. The summed E-state index contributed by atoms with van der Waals surface area (Å²) in [5, 5.41) is 0. The average molecular weight is 1080 g/mol. The Morgan fingerprint density at radius 3 is 0.743 bits per heavy atom. The van der Waals surface area contributed by atoms with Crippen molar-refractivity contribution in [3.63, 3.8) is 0 Å². The lowest BCUT2D eigenvalue weighted by Gasteiger charge is -2.14. The van der Waals surface area contributed by atoms with Gasteiger partial charge in [0.05, 0.1) is 0 Å². The molecule has 0 bridgehead atoms. The Bertz CT molecular complexity index is 3200. The Labute approximate surface area is 433 Å². The van der Waals surface area contributed by atoms with Gasteiger partial charge in [-0.25, -0.2) is 16.8 Å². The minimum absolute atomic E-state index is 1.08. The molecule has 0 aliphatic heterocycles. The first-order valence-corrected chi connectivity index (χ1v) is 27.3. The van der Waals surface area contributed by atoms with Gasteiger partial charge in [-0.1, -0.05) is 97.1 Å². The highest BCUT2D eigenvalue weighted by Gasteiger charge is 2.37. The van der Waals surface area contributed by atoms with Crippen LogP contribution in [-0.2, 0) is 20.2 Å². The minimum atomic E-state index is -6.09. The summed E-state index contributed by atoms with van der Waals surface area (Å²) in [5.41, 5.74) is 4.71. The second-order valence-electron chi connectivity index (χ2n) is 15.9. The van der Waals surface area contributed by atoms with Gasteiger partial charge in [0.2, 0.25) is 34.2 Å². The van der Waals surface area contributed by atoms with Gasteiger partial charge < -0.3 is 9.11 Å². The topological polar surface area (TPSA) is 122 Å². The third-order valence-corrected chi connectivity index (χ3v) is 13.8. The maximum absolute atomic E-state index is 10.7. The molecule has 0 atom stereocenters. The van der Waals surface area contributed by atoms with Crippen LogP contribution < -0.4 is 9.13 Å². The van der Waals surface area contributed by atoms with Gasteiger partial charge in [0.25, 0.3) is 0 Å². The maximum atomic E-state index is 10.7. The summed E-state index contributed by atoms with van der Waals surface area (Å²) in [4.78, 5) is 2.51. The van der Waals surface area contributed by atoms with Crippen LogP contribution in [0.5, 0.6) is 0 Å². The van der Waals surface area contributed by atoms with Crippen molar-refractivity contribution in [1.29, 1.82) is 0 Å². The van der Waals surface area contributed by atoms with Gasteiger partial charge in [-0.2, -0.15) is 35.5 Å². The van der Waals surface area contributed by atoms with E-state index < -0.39 is 31.3 Å². The first-order chi connectivity index (χ1) is 35.2. The molecule has 8 nitrogen and oxygen atoms in total. The molecule has 2 aromatic heterocycles. The largest absolute Gasteiger partial charge is 0.741 e. The quantitative estimate of drug-likeness (QED) is 0.0436. The third kappa shape index (κ3) is 13.4.